The summed E-state index contributed by atoms with van der Waals surface area (Å²) < 4.78 is 0. The lowest BCUT2D eigenvalue weighted by Gasteiger charge is -2.30. The third-order valence-electron chi connectivity index (χ3n) is 2.96. The van der Waals surface area contributed by atoms with Crippen molar-refractivity contribution < 1.29 is 0 Å². The van der Waals surface area contributed by atoms with Crippen molar-refractivity contribution in [3.63, 3.8) is 0 Å². The van der Waals surface area contributed by atoms with Crippen LogP contribution in [0, 0.1) is 11.3 Å². The molecule has 15 heavy (non-hydrogen) atoms. The van der Waals surface area contributed by atoms with Gasteiger partial charge in [0.25, 0.3) is 0 Å². The fraction of sp³-hybridized carbons (Fsp3) is 0.583. The van der Waals surface area contributed by atoms with Gasteiger partial charge in [0, 0.05) is 11.3 Å². The summed E-state index contributed by atoms with van der Waals surface area (Å²) >= 11 is 1.75. The first-order valence-electron chi connectivity index (χ1n) is 5.56. The van der Waals surface area contributed by atoms with Gasteiger partial charge in [0.2, 0.25) is 0 Å². The number of likely N-dealkylation sites (tertiary alicyclic amines) is 1. The van der Waals surface area contributed by atoms with Gasteiger partial charge in [-0.25, -0.2) is 0 Å². The minimum atomic E-state index is 0.0870. The average Bonchev–Trinajstić information content (AvgIpc) is 2.80. The first-order valence-corrected chi connectivity index (χ1v) is 6.44. The molecule has 1 fully saturated rings. The number of hydrogen-bond donors (Lipinski definition) is 0. The Morgan fingerprint density at radius 3 is 2.80 bits per heavy atom. The molecule has 2 heterocycles. The zero-order valence-electron chi connectivity index (χ0n) is 8.85. The maximum Gasteiger partial charge on any atom is 0.103 e. The lowest BCUT2D eigenvalue weighted by atomic mass is 10.1. The largest absolute Gasteiger partial charge is 0.288 e. The van der Waals surface area contributed by atoms with Crippen molar-refractivity contribution in [2.75, 3.05) is 13.1 Å². The zero-order chi connectivity index (χ0) is 10.5. The summed E-state index contributed by atoms with van der Waals surface area (Å²) in [6.07, 6.45) is 4.73. The molecule has 0 aromatic carbocycles. The van der Waals surface area contributed by atoms with Crippen LogP contribution in [0.25, 0.3) is 0 Å². The Bertz CT molecular complexity index is 320. The summed E-state index contributed by atoms with van der Waals surface area (Å²) in [5, 5.41) is 11.3. The van der Waals surface area contributed by atoms with Crippen LogP contribution in [-0.2, 0) is 6.42 Å². The summed E-state index contributed by atoms with van der Waals surface area (Å²) in [7, 11) is 0. The Labute approximate surface area is 95.1 Å². The summed E-state index contributed by atoms with van der Waals surface area (Å²) in [5.74, 6) is 0. The molecule has 3 heteroatoms. The standard InChI is InChI=1S/C12H16N2S/c13-10-11(9-12-5-4-8-15-12)14-6-2-1-3-7-14/h4-5,8,11H,1-3,6-7,9H2. The van der Waals surface area contributed by atoms with Crippen molar-refractivity contribution in [2.24, 2.45) is 0 Å². The van der Waals surface area contributed by atoms with Gasteiger partial charge in [0.1, 0.15) is 6.04 Å². The Morgan fingerprint density at radius 1 is 1.40 bits per heavy atom. The van der Waals surface area contributed by atoms with Crippen LogP contribution in [0.3, 0.4) is 0 Å². The second kappa shape index (κ2) is 5.29. The molecule has 0 bridgehead atoms. The topological polar surface area (TPSA) is 27.0 Å². The fourth-order valence-electron chi connectivity index (χ4n) is 2.11. The minimum absolute atomic E-state index is 0.0870. The van der Waals surface area contributed by atoms with Gasteiger partial charge in [-0.15, -0.1) is 11.3 Å². The lowest BCUT2D eigenvalue weighted by Crippen LogP contribution is -2.39. The Morgan fingerprint density at radius 2 is 2.20 bits per heavy atom. The van der Waals surface area contributed by atoms with Crippen LogP contribution in [0.4, 0.5) is 0 Å². The van der Waals surface area contributed by atoms with E-state index in [9.17, 15) is 5.26 Å². The monoisotopic (exact) mass is 220 g/mol. The number of thiophene rings is 1. The van der Waals surface area contributed by atoms with E-state index in [4.69, 9.17) is 0 Å². The molecular weight excluding hydrogens is 204 g/mol. The van der Waals surface area contributed by atoms with E-state index in [1.807, 2.05) is 0 Å². The van der Waals surface area contributed by atoms with Gasteiger partial charge in [0.15, 0.2) is 0 Å². The highest BCUT2D eigenvalue weighted by atomic mass is 32.1. The van der Waals surface area contributed by atoms with Crippen molar-refractivity contribution in [1.29, 1.82) is 5.26 Å². The van der Waals surface area contributed by atoms with Gasteiger partial charge in [-0.2, -0.15) is 5.26 Å². The maximum atomic E-state index is 9.19. The van der Waals surface area contributed by atoms with Crippen LogP contribution >= 0.6 is 11.3 Å². The van der Waals surface area contributed by atoms with E-state index in [1.165, 1.54) is 24.1 Å². The lowest BCUT2D eigenvalue weighted by molar-refractivity contribution is 0.194. The normalized spacial score (nSPS) is 19.7. The molecule has 2 rings (SSSR count). The summed E-state index contributed by atoms with van der Waals surface area (Å²) in [6, 6.07) is 6.71. The number of nitrogens with zero attached hydrogens (tertiary/aromatic N) is 2. The van der Waals surface area contributed by atoms with Gasteiger partial charge in [-0.05, 0) is 37.4 Å². The van der Waals surface area contributed by atoms with E-state index in [0.717, 1.165) is 19.5 Å². The number of hydrogen-bond acceptors (Lipinski definition) is 3. The molecule has 0 saturated carbocycles. The van der Waals surface area contributed by atoms with Gasteiger partial charge in [-0.3, -0.25) is 4.90 Å². The first-order chi connectivity index (χ1) is 7.40. The smallest absolute Gasteiger partial charge is 0.103 e. The van der Waals surface area contributed by atoms with Crippen molar-refractivity contribution >= 4 is 11.3 Å². The van der Waals surface area contributed by atoms with Crippen molar-refractivity contribution in [3.8, 4) is 6.07 Å². The predicted octanol–water partition coefficient (Wildman–Crippen LogP) is 2.67. The number of rotatable bonds is 3. The van der Waals surface area contributed by atoms with E-state index >= 15 is 0 Å². The van der Waals surface area contributed by atoms with E-state index in [-0.39, 0.29) is 6.04 Å². The van der Waals surface area contributed by atoms with Crippen molar-refractivity contribution in [2.45, 2.75) is 31.7 Å². The molecule has 0 spiro atoms. The van der Waals surface area contributed by atoms with E-state index in [2.05, 4.69) is 28.5 Å². The second-order valence-corrected chi connectivity index (χ2v) is 5.06. The Kier molecular flexibility index (Phi) is 3.76. The molecule has 1 aliphatic heterocycles. The number of nitriles is 1. The quantitative estimate of drug-likeness (QED) is 0.783. The predicted molar refractivity (Wildman–Crippen MR) is 62.8 cm³/mol. The molecule has 1 aromatic heterocycles. The van der Waals surface area contributed by atoms with Crippen LogP contribution in [-0.4, -0.2) is 24.0 Å². The van der Waals surface area contributed by atoms with Gasteiger partial charge in [0.05, 0.1) is 6.07 Å². The van der Waals surface area contributed by atoms with Crippen molar-refractivity contribution in [1.82, 2.24) is 4.90 Å². The fourth-order valence-corrected chi connectivity index (χ4v) is 2.85. The summed E-state index contributed by atoms with van der Waals surface area (Å²) in [4.78, 5) is 3.66. The molecule has 0 amide bonds. The molecule has 1 aliphatic rings. The van der Waals surface area contributed by atoms with Crippen LogP contribution in [0.2, 0.25) is 0 Å². The molecular formula is C12H16N2S. The van der Waals surface area contributed by atoms with E-state index in [1.54, 1.807) is 11.3 Å². The Hall–Kier alpha value is -0.850. The maximum absolute atomic E-state index is 9.19. The highest BCUT2D eigenvalue weighted by molar-refractivity contribution is 7.09. The zero-order valence-corrected chi connectivity index (χ0v) is 9.67. The molecule has 80 valence electrons. The van der Waals surface area contributed by atoms with Crippen LogP contribution in [0.5, 0.6) is 0 Å². The molecule has 0 N–H and O–H groups in total. The first kappa shape index (κ1) is 10.7. The SMILES string of the molecule is N#CC(Cc1cccs1)N1CCCCC1. The van der Waals surface area contributed by atoms with Crippen molar-refractivity contribution in [3.05, 3.63) is 22.4 Å². The van der Waals surface area contributed by atoms with Gasteiger partial charge in [-0.1, -0.05) is 12.5 Å². The highest BCUT2D eigenvalue weighted by Gasteiger charge is 2.20. The van der Waals surface area contributed by atoms with Gasteiger partial charge >= 0.3 is 0 Å². The number of piperidine rings is 1. The minimum Gasteiger partial charge on any atom is -0.288 e. The van der Waals surface area contributed by atoms with Crippen LogP contribution < -0.4 is 0 Å². The Balaban J connectivity index is 1.95. The highest BCUT2D eigenvalue weighted by Crippen LogP contribution is 2.17. The van der Waals surface area contributed by atoms with Gasteiger partial charge < -0.3 is 0 Å². The van der Waals surface area contributed by atoms with E-state index in [0.29, 0.717) is 0 Å². The van der Waals surface area contributed by atoms with Crippen LogP contribution in [0.1, 0.15) is 24.1 Å². The molecule has 1 unspecified atom stereocenters. The van der Waals surface area contributed by atoms with E-state index < -0.39 is 0 Å². The molecule has 2 nitrogen and oxygen atoms in total. The average molecular weight is 220 g/mol. The molecule has 1 aromatic rings. The summed E-state index contributed by atoms with van der Waals surface area (Å²) in [5.41, 5.74) is 0. The molecule has 0 radical (unpaired) electrons. The second-order valence-electron chi connectivity index (χ2n) is 4.03. The molecule has 1 atom stereocenters. The van der Waals surface area contributed by atoms with Crippen LogP contribution in [0.15, 0.2) is 17.5 Å². The summed E-state index contributed by atoms with van der Waals surface area (Å²) in [6.45, 7) is 2.20. The molecule has 1 saturated heterocycles. The third kappa shape index (κ3) is 2.80. The third-order valence-corrected chi connectivity index (χ3v) is 3.85. The molecule has 0 aliphatic carbocycles.